The number of oxazole rings is 1. The molecule has 3 unspecified atom stereocenters. The van der Waals surface area contributed by atoms with Gasteiger partial charge in [-0.2, -0.15) is 0 Å². The van der Waals surface area contributed by atoms with E-state index in [2.05, 4.69) is 10.3 Å². The first-order valence-electron chi connectivity index (χ1n) is 13.0. The summed E-state index contributed by atoms with van der Waals surface area (Å²) >= 11 is 0. The third-order valence-electron chi connectivity index (χ3n) is 6.66. The first-order chi connectivity index (χ1) is 17.2. The molecule has 1 aliphatic heterocycles. The summed E-state index contributed by atoms with van der Waals surface area (Å²) in [7, 11) is 0. The van der Waals surface area contributed by atoms with Crippen LogP contribution in [0.15, 0.2) is 35.1 Å². The molecule has 202 valence electrons. The Bertz CT molecular complexity index is 1110. The summed E-state index contributed by atoms with van der Waals surface area (Å²) in [6.45, 7) is 13.5. The lowest BCUT2D eigenvalue weighted by molar-refractivity contribution is -0.143. The quantitative estimate of drug-likeness (QED) is 0.552. The molecule has 1 aliphatic rings. The van der Waals surface area contributed by atoms with Crippen LogP contribution in [0.25, 0.3) is 11.3 Å². The zero-order valence-electron chi connectivity index (χ0n) is 23.1. The average Bonchev–Trinajstić information content (AvgIpc) is 3.39. The summed E-state index contributed by atoms with van der Waals surface area (Å²) in [5.41, 5.74) is 1.95. The average molecular weight is 512 g/mol. The highest BCUT2D eigenvalue weighted by molar-refractivity contribution is 5.94. The fraction of sp³-hybridized carbons (Fsp3) is 0.586. The highest BCUT2D eigenvalue weighted by Crippen LogP contribution is 2.28. The molecule has 2 aromatic rings. The molecule has 8 nitrogen and oxygen atoms in total. The number of carbonyl (C=O) groups is 3. The molecule has 8 heteroatoms. The van der Waals surface area contributed by atoms with Crippen molar-refractivity contribution in [3.8, 4) is 11.3 Å². The monoisotopic (exact) mass is 511 g/mol. The van der Waals surface area contributed by atoms with Crippen molar-refractivity contribution in [1.29, 1.82) is 0 Å². The lowest BCUT2D eigenvalue weighted by Gasteiger charge is -2.36. The zero-order valence-corrected chi connectivity index (χ0v) is 23.1. The van der Waals surface area contributed by atoms with Gasteiger partial charge in [-0.25, -0.2) is 4.98 Å². The van der Waals surface area contributed by atoms with Gasteiger partial charge in [-0.1, -0.05) is 65.8 Å². The smallest absolute Gasteiger partial charge is 0.246 e. The Hall–Kier alpha value is -3.00. The van der Waals surface area contributed by atoms with Crippen LogP contribution in [-0.2, 0) is 20.8 Å². The van der Waals surface area contributed by atoms with E-state index in [0.717, 1.165) is 22.6 Å². The Morgan fingerprint density at radius 2 is 1.78 bits per heavy atom. The Morgan fingerprint density at radius 1 is 1.14 bits per heavy atom. The minimum Gasteiger partial charge on any atom is -0.443 e. The Kier molecular flexibility index (Phi) is 8.63. The molecule has 3 atom stereocenters. The number of aromatic nitrogens is 1. The molecular formula is C29H41N3O5. The summed E-state index contributed by atoms with van der Waals surface area (Å²) in [5.74, 6) is 0.109. The molecule has 0 saturated carbocycles. The number of likely N-dealkylation sites (tertiary alicyclic amines) is 1. The number of nitrogens with one attached hydrogen (secondary N) is 1. The zero-order chi connectivity index (χ0) is 27.5. The minimum atomic E-state index is -0.796. The molecule has 0 spiro atoms. The van der Waals surface area contributed by atoms with E-state index in [9.17, 15) is 19.5 Å². The van der Waals surface area contributed by atoms with Crippen LogP contribution in [-0.4, -0.2) is 57.3 Å². The summed E-state index contributed by atoms with van der Waals surface area (Å²) < 4.78 is 5.44. The van der Waals surface area contributed by atoms with Gasteiger partial charge < -0.3 is 19.7 Å². The number of rotatable bonds is 8. The van der Waals surface area contributed by atoms with Crippen molar-refractivity contribution in [2.24, 2.45) is 10.8 Å². The van der Waals surface area contributed by atoms with Gasteiger partial charge in [-0.15, -0.1) is 0 Å². The topological polar surface area (TPSA) is 113 Å². The molecule has 1 aromatic heterocycles. The normalized spacial score (nSPS) is 19.1. The van der Waals surface area contributed by atoms with Crippen LogP contribution in [0.4, 0.5) is 0 Å². The van der Waals surface area contributed by atoms with E-state index < -0.39 is 23.6 Å². The number of amides is 2. The molecule has 2 heterocycles. The van der Waals surface area contributed by atoms with E-state index >= 15 is 0 Å². The van der Waals surface area contributed by atoms with Crippen molar-refractivity contribution in [2.45, 2.75) is 92.3 Å². The largest absolute Gasteiger partial charge is 0.443 e. The number of aryl methyl sites for hydroxylation is 2. The highest BCUT2D eigenvalue weighted by Gasteiger charge is 2.44. The van der Waals surface area contributed by atoms with Crippen LogP contribution in [0, 0.1) is 17.8 Å². The highest BCUT2D eigenvalue weighted by atomic mass is 16.3. The molecule has 1 fully saturated rings. The molecule has 0 aliphatic carbocycles. The molecule has 1 aromatic carbocycles. The summed E-state index contributed by atoms with van der Waals surface area (Å²) in [5, 5.41) is 13.3. The van der Waals surface area contributed by atoms with Crippen LogP contribution in [0.1, 0.15) is 72.1 Å². The second-order valence-electron chi connectivity index (χ2n) is 12.4. The Morgan fingerprint density at radius 3 is 2.32 bits per heavy atom. The number of aliphatic hydroxyl groups is 1. The van der Waals surface area contributed by atoms with Gasteiger partial charge in [0.15, 0.2) is 17.9 Å². The minimum absolute atomic E-state index is 0.0855. The van der Waals surface area contributed by atoms with Crippen LogP contribution in [0.3, 0.4) is 0 Å². The second kappa shape index (κ2) is 11.2. The van der Waals surface area contributed by atoms with Crippen LogP contribution >= 0.6 is 0 Å². The third-order valence-corrected chi connectivity index (χ3v) is 6.66. The Balaban J connectivity index is 1.68. The first kappa shape index (κ1) is 28.6. The lowest BCUT2D eigenvalue weighted by Crippen LogP contribution is -2.57. The fourth-order valence-corrected chi connectivity index (χ4v) is 4.71. The van der Waals surface area contributed by atoms with Crippen LogP contribution < -0.4 is 5.32 Å². The standard InChI is InChI=1S/C29H41N3O5/c1-18-25(37-17-30-18)20-11-8-19(9-12-20)10-13-23(34)22-14-21(33)16-32(22)27(36)26(29(5,6)7)31-24(35)15-28(2,3)4/h8-9,11-12,17,21-22,26,33H,10,13-16H2,1-7H3,(H,31,35). The van der Waals surface area contributed by atoms with E-state index in [-0.39, 0.29) is 48.8 Å². The number of hydrogen-bond acceptors (Lipinski definition) is 6. The maximum absolute atomic E-state index is 13.6. The number of benzene rings is 1. The number of Topliss-reactive ketones (excluding diaryl/α,β-unsaturated/α-hetero) is 1. The number of carbonyl (C=O) groups excluding carboxylic acids is 3. The van der Waals surface area contributed by atoms with Gasteiger partial charge in [0.1, 0.15) is 6.04 Å². The van der Waals surface area contributed by atoms with Crippen LogP contribution in [0.5, 0.6) is 0 Å². The molecule has 0 radical (unpaired) electrons. The number of β-amino-alcohol motifs (C(OH)–C–C–N with tert-alkyl or cyclic N) is 1. The fourth-order valence-electron chi connectivity index (χ4n) is 4.71. The number of ketones is 1. The molecule has 37 heavy (non-hydrogen) atoms. The van der Waals surface area contributed by atoms with E-state index in [0.29, 0.717) is 6.42 Å². The van der Waals surface area contributed by atoms with Gasteiger partial charge in [-0.3, -0.25) is 14.4 Å². The van der Waals surface area contributed by atoms with E-state index in [1.807, 2.05) is 72.7 Å². The van der Waals surface area contributed by atoms with Gasteiger partial charge in [0.05, 0.1) is 17.8 Å². The maximum atomic E-state index is 13.6. The number of nitrogens with zero attached hydrogens (tertiary/aromatic N) is 2. The van der Waals surface area contributed by atoms with Crippen molar-refractivity contribution in [3.63, 3.8) is 0 Å². The van der Waals surface area contributed by atoms with E-state index in [1.54, 1.807) is 0 Å². The second-order valence-corrected chi connectivity index (χ2v) is 12.4. The van der Waals surface area contributed by atoms with E-state index in [1.165, 1.54) is 11.3 Å². The van der Waals surface area contributed by atoms with Gasteiger partial charge in [0.25, 0.3) is 0 Å². The molecule has 2 N–H and O–H groups in total. The molecule has 2 amide bonds. The molecule has 0 bridgehead atoms. The predicted molar refractivity (Wildman–Crippen MR) is 142 cm³/mol. The summed E-state index contributed by atoms with van der Waals surface area (Å²) in [6.07, 6.45) is 1.91. The number of hydrogen-bond donors (Lipinski definition) is 2. The van der Waals surface area contributed by atoms with Crippen molar-refractivity contribution in [2.75, 3.05) is 6.54 Å². The van der Waals surface area contributed by atoms with E-state index in [4.69, 9.17) is 4.42 Å². The van der Waals surface area contributed by atoms with Gasteiger partial charge >= 0.3 is 0 Å². The van der Waals surface area contributed by atoms with Crippen molar-refractivity contribution >= 4 is 17.6 Å². The molecule has 3 rings (SSSR count). The maximum Gasteiger partial charge on any atom is 0.246 e. The molecule has 1 saturated heterocycles. The SMILES string of the molecule is Cc1ncoc1-c1ccc(CCC(=O)C2CC(O)CN2C(=O)C(NC(=O)CC(C)(C)C)C(C)(C)C)cc1. The lowest BCUT2D eigenvalue weighted by atomic mass is 9.84. The Labute approximate surface area is 219 Å². The number of aliphatic hydroxyl groups excluding tert-OH is 1. The van der Waals surface area contributed by atoms with Crippen molar-refractivity contribution < 1.29 is 23.9 Å². The summed E-state index contributed by atoms with van der Waals surface area (Å²) in [4.78, 5) is 45.2. The van der Waals surface area contributed by atoms with Gasteiger partial charge in [0, 0.05) is 31.4 Å². The van der Waals surface area contributed by atoms with Crippen LogP contribution in [0.2, 0.25) is 0 Å². The van der Waals surface area contributed by atoms with Gasteiger partial charge in [0.2, 0.25) is 11.8 Å². The first-order valence-corrected chi connectivity index (χ1v) is 13.0. The third kappa shape index (κ3) is 7.51. The molecular weight excluding hydrogens is 470 g/mol. The van der Waals surface area contributed by atoms with Gasteiger partial charge in [-0.05, 0) is 29.7 Å². The predicted octanol–water partition coefficient (Wildman–Crippen LogP) is 4.08. The van der Waals surface area contributed by atoms with Crippen molar-refractivity contribution in [1.82, 2.24) is 15.2 Å². The van der Waals surface area contributed by atoms with Crippen molar-refractivity contribution in [3.05, 3.63) is 41.9 Å². The summed E-state index contributed by atoms with van der Waals surface area (Å²) in [6, 6.07) is 6.29.